The topological polar surface area (TPSA) is 36.9 Å². The maximum Gasteiger partial charge on any atom is 0.145 e. The highest BCUT2D eigenvalue weighted by molar-refractivity contribution is 6.11. The molecule has 0 radical (unpaired) electrons. The van der Waals surface area contributed by atoms with Crippen LogP contribution in [0.15, 0.2) is 0 Å². The number of rotatable bonds is 3. The first-order valence-electron chi connectivity index (χ1n) is 5.00. The largest absolute Gasteiger partial charge is 0.379 e. The molecular weight excluding hydrogens is 183 g/mol. The first-order valence-corrected chi connectivity index (χ1v) is 5.00. The molecule has 2 heterocycles. The zero-order chi connectivity index (χ0) is 10.3. The van der Waals surface area contributed by atoms with Crippen molar-refractivity contribution >= 4 is 7.85 Å². The molecule has 0 saturated carbocycles. The zero-order valence-electron chi connectivity index (χ0n) is 9.15. The Labute approximate surface area is 85.3 Å². The van der Waals surface area contributed by atoms with E-state index in [9.17, 15) is 0 Å². The molecule has 2 bridgehead atoms. The van der Waals surface area contributed by atoms with E-state index >= 15 is 0 Å². The fourth-order valence-electron chi connectivity index (χ4n) is 2.55. The molecule has 4 nitrogen and oxygen atoms in total. The molecule has 2 aliphatic rings. The van der Waals surface area contributed by atoms with Gasteiger partial charge in [0, 0.05) is 14.2 Å². The van der Waals surface area contributed by atoms with Gasteiger partial charge in [-0.2, -0.15) is 0 Å². The van der Waals surface area contributed by atoms with Crippen LogP contribution in [0.25, 0.3) is 0 Å². The summed E-state index contributed by atoms with van der Waals surface area (Å²) in [5, 5.41) is 0. The molecule has 5 heteroatoms. The zero-order valence-corrected chi connectivity index (χ0v) is 9.15. The monoisotopic (exact) mass is 200 g/mol. The van der Waals surface area contributed by atoms with E-state index in [4.69, 9.17) is 18.9 Å². The summed E-state index contributed by atoms with van der Waals surface area (Å²) < 4.78 is 22.4. The fourth-order valence-corrected chi connectivity index (χ4v) is 2.55. The first kappa shape index (κ1) is 10.4. The lowest BCUT2D eigenvalue weighted by molar-refractivity contribution is -0.173. The van der Waals surface area contributed by atoms with Gasteiger partial charge in [-0.3, -0.25) is 0 Å². The van der Waals surface area contributed by atoms with Crippen molar-refractivity contribution in [3.05, 3.63) is 0 Å². The SMILES string of the molecule is B[C@@H]1O[C@@]2([C@H](C)OC)CO[C@@H]1[C@@H]2OC. The molecule has 0 aliphatic carbocycles. The van der Waals surface area contributed by atoms with Crippen molar-refractivity contribution in [3.63, 3.8) is 0 Å². The minimum Gasteiger partial charge on any atom is -0.379 e. The molecule has 0 spiro atoms. The van der Waals surface area contributed by atoms with Crippen molar-refractivity contribution in [1.82, 2.24) is 0 Å². The molecule has 2 fully saturated rings. The molecule has 0 aromatic carbocycles. The van der Waals surface area contributed by atoms with Crippen LogP contribution in [0.3, 0.4) is 0 Å². The Hall–Kier alpha value is -0.0951. The standard InChI is InChI=1S/C9H17BO4/c1-5(11-2)9-4-13-6(7(9)12-3)8(10)14-9/h5-8H,4,10H2,1-3H3/t5-,6+,7-,8+,9+/m0/s1. The molecule has 0 unspecified atom stereocenters. The lowest BCUT2D eigenvalue weighted by Crippen LogP contribution is -2.51. The minimum atomic E-state index is -0.409. The van der Waals surface area contributed by atoms with Crippen LogP contribution in [0.1, 0.15) is 6.92 Å². The van der Waals surface area contributed by atoms with Crippen LogP contribution in [0, 0.1) is 0 Å². The van der Waals surface area contributed by atoms with E-state index in [0.29, 0.717) is 6.61 Å². The smallest absolute Gasteiger partial charge is 0.145 e. The van der Waals surface area contributed by atoms with E-state index in [2.05, 4.69) is 0 Å². The van der Waals surface area contributed by atoms with E-state index in [1.807, 2.05) is 14.8 Å². The van der Waals surface area contributed by atoms with Gasteiger partial charge in [-0.15, -0.1) is 0 Å². The van der Waals surface area contributed by atoms with E-state index in [0.717, 1.165) is 0 Å². The Morgan fingerprint density at radius 2 is 2.21 bits per heavy atom. The Kier molecular flexibility index (Phi) is 2.60. The first-order chi connectivity index (χ1) is 6.65. The number of ether oxygens (including phenoxy) is 4. The average molecular weight is 200 g/mol. The van der Waals surface area contributed by atoms with Gasteiger partial charge in [-0.1, -0.05) is 0 Å². The molecule has 2 saturated heterocycles. The second-order valence-corrected chi connectivity index (χ2v) is 4.09. The maximum atomic E-state index is 5.93. The fraction of sp³-hybridized carbons (Fsp3) is 1.00. The lowest BCUT2D eigenvalue weighted by atomic mass is 9.89. The van der Waals surface area contributed by atoms with E-state index in [1.165, 1.54) is 0 Å². The lowest BCUT2D eigenvalue weighted by Gasteiger charge is -2.34. The summed E-state index contributed by atoms with van der Waals surface area (Å²) >= 11 is 0. The molecule has 2 rings (SSSR count). The molecule has 5 atom stereocenters. The predicted molar refractivity (Wildman–Crippen MR) is 53.2 cm³/mol. The number of hydrogen-bond acceptors (Lipinski definition) is 4. The van der Waals surface area contributed by atoms with Gasteiger partial charge in [-0.05, 0) is 6.92 Å². The summed E-state index contributed by atoms with van der Waals surface area (Å²) in [5.74, 6) is 0. The van der Waals surface area contributed by atoms with Gasteiger partial charge in [0.15, 0.2) is 0 Å². The van der Waals surface area contributed by atoms with E-state index < -0.39 is 5.60 Å². The highest BCUT2D eigenvalue weighted by atomic mass is 16.7. The van der Waals surface area contributed by atoms with Crippen molar-refractivity contribution in [2.45, 2.75) is 36.8 Å². The number of methoxy groups -OCH3 is 2. The molecule has 0 aromatic rings. The predicted octanol–water partition coefficient (Wildman–Crippen LogP) is -0.837. The maximum absolute atomic E-state index is 5.93. The van der Waals surface area contributed by atoms with Gasteiger partial charge in [0.25, 0.3) is 0 Å². The molecule has 0 N–H and O–H groups in total. The highest BCUT2D eigenvalue weighted by Gasteiger charge is 2.63. The molecule has 2 aliphatic heterocycles. The average Bonchev–Trinajstić information content (AvgIpc) is 2.68. The second-order valence-electron chi connectivity index (χ2n) is 4.09. The van der Waals surface area contributed by atoms with E-state index in [-0.39, 0.29) is 24.3 Å². The molecule has 80 valence electrons. The van der Waals surface area contributed by atoms with Crippen LogP contribution in [-0.2, 0) is 18.9 Å². The van der Waals surface area contributed by atoms with Crippen LogP contribution in [0.4, 0.5) is 0 Å². The number of fused-ring (bicyclic) bond motifs is 2. The third kappa shape index (κ3) is 1.16. The Morgan fingerprint density at radius 3 is 2.71 bits per heavy atom. The number of hydrogen-bond donors (Lipinski definition) is 0. The second kappa shape index (κ2) is 3.49. The van der Waals surface area contributed by atoms with Crippen molar-refractivity contribution in [1.29, 1.82) is 0 Å². The molecular formula is C9H17BO4. The van der Waals surface area contributed by atoms with Gasteiger partial charge in [0.1, 0.15) is 25.7 Å². The normalized spacial score (nSPS) is 48.4. The molecule has 0 amide bonds. The molecule has 0 aromatic heterocycles. The quantitative estimate of drug-likeness (QED) is 0.557. The van der Waals surface area contributed by atoms with Gasteiger partial charge in [-0.25, -0.2) is 0 Å². The van der Waals surface area contributed by atoms with Gasteiger partial charge < -0.3 is 18.9 Å². The third-order valence-corrected chi connectivity index (χ3v) is 3.44. The van der Waals surface area contributed by atoms with E-state index in [1.54, 1.807) is 14.2 Å². The van der Waals surface area contributed by atoms with Crippen molar-refractivity contribution in [2.75, 3.05) is 20.8 Å². The molecule has 14 heavy (non-hydrogen) atoms. The summed E-state index contributed by atoms with van der Waals surface area (Å²) in [6.45, 7) is 2.56. The summed E-state index contributed by atoms with van der Waals surface area (Å²) in [4.78, 5) is 0. The third-order valence-electron chi connectivity index (χ3n) is 3.44. The van der Waals surface area contributed by atoms with Gasteiger partial charge in [0.05, 0.1) is 18.7 Å². The Balaban J connectivity index is 2.24. The van der Waals surface area contributed by atoms with Gasteiger partial charge >= 0.3 is 0 Å². The van der Waals surface area contributed by atoms with Crippen LogP contribution in [0.2, 0.25) is 0 Å². The van der Waals surface area contributed by atoms with Crippen LogP contribution < -0.4 is 0 Å². The van der Waals surface area contributed by atoms with Gasteiger partial charge in [0.2, 0.25) is 0 Å². The van der Waals surface area contributed by atoms with Crippen LogP contribution in [0.5, 0.6) is 0 Å². The van der Waals surface area contributed by atoms with Crippen LogP contribution in [-0.4, -0.2) is 58.6 Å². The van der Waals surface area contributed by atoms with Crippen molar-refractivity contribution < 1.29 is 18.9 Å². The Bertz CT molecular complexity index is 225. The van der Waals surface area contributed by atoms with Crippen molar-refractivity contribution in [3.8, 4) is 0 Å². The summed E-state index contributed by atoms with van der Waals surface area (Å²) in [6, 6.07) is 0.0892. The minimum absolute atomic E-state index is 0.00699. The Morgan fingerprint density at radius 1 is 1.50 bits per heavy atom. The summed E-state index contributed by atoms with van der Waals surface area (Å²) in [5.41, 5.74) is -0.409. The summed E-state index contributed by atoms with van der Waals surface area (Å²) in [6.07, 6.45) is 0.0347. The van der Waals surface area contributed by atoms with Crippen LogP contribution >= 0.6 is 0 Å². The van der Waals surface area contributed by atoms with Crippen molar-refractivity contribution in [2.24, 2.45) is 0 Å². The highest BCUT2D eigenvalue weighted by Crippen LogP contribution is 2.43. The summed E-state index contributed by atoms with van der Waals surface area (Å²) in [7, 11) is 5.40.